The molecule has 3 aromatic carbocycles. The van der Waals surface area contributed by atoms with Crippen LogP contribution >= 0.6 is 0 Å². The van der Waals surface area contributed by atoms with Crippen molar-refractivity contribution in [1.82, 2.24) is 0 Å². The molecule has 0 aromatic heterocycles. The molecule has 0 aliphatic carbocycles. The van der Waals surface area contributed by atoms with E-state index in [0.717, 1.165) is 11.1 Å². The van der Waals surface area contributed by atoms with Gasteiger partial charge in [0.1, 0.15) is 13.2 Å². The van der Waals surface area contributed by atoms with Crippen LogP contribution in [0.5, 0.6) is 28.7 Å². The first-order valence-corrected chi connectivity index (χ1v) is 11.6. The van der Waals surface area contributed by atoms with Gasteiger partial charge in [0.2, 0.25) is 12.5 Å². The molecule has 0 N–H and O–H groups in total. The zero-order valence-corrected chi connectivity index (χ0v) is 20.0. The normalized spacial score (nSPS) is 18.0. The third-order valence-electron chi connectivity index (χ3n) is 6.39. The van der Waals surface area contributed by atoms with E-state index in [-0.39, 0.29) is 25.6 Å². The van der Waals surface area contributed by atoms with Crippen LogP contribution in [0.25, 0.3) is 0 Å². The van der Waals surface area contributed by atoms with Gasteiger partial charge in [-0.25, -0.2) is 0 Å². The average Bonchev–Trinajstić information content (AvgIpc) is 3.53. The van der Waals surface area contributed by atoms with Gasteiger partial charge in [-0.3, -0.25) is 9.59 Å². The maximum atomic E-state index is 13.3. The summed E-state index contributed by atoms with van der Waals surface area (Å²) in [6.07, 6.45) is 0.283. The molecule has 186 valence electrons. The molecule has 0 unspecified atom stereocenters. The average molecular weight is 491 g/mol. The van der Waals surface area contributed by atoms with Crippen LogP contribution in [0, 0.1) is 11.8 Å². The molecule has 0 amide bonds. The van der Waals surface area contributed by atoms with Crippen molar-refractivity contribution in [1.29, 1.82) is 0 Å². The first-order valence-electron chi connectivity index (χ1n) is 11.6. The molecular formula is C28H26O8. The topological polar surface area (TPSA) is 89.5 Å². The Hall–Kier alpha value is -4.20. The summed E-state index contributed by atoms with van der Waals surface area (Å²) in [5, 5.41) is 0. The Balaban J connectivity index is 1.37. The molecular weight excluding hydrogens is 464 g/mol. The lowest BCUT2D eigenvalue weighted by Crippen LogP contribution is -2.26. The van der Waals surface area contributed by atoms with Crippen LogP contribution in [0.2, 0.25) is 0 Å². The van der Waals surface area contributed by atoms with Crippen LogP contribution in [0.15, 0.2) is 60.7 Å². The van der Waals surface area contributed by atoms with Gasteiger partial charge in [-0.2, -0.15) is 0 Å². The van der Waals surface area contributed by atoms with Crippen LogP contribution in [-0.4, -0.2) is 39.4 Å². The summed E-state index contributed by atoms with van der Waals surface area (Å²) in [4.78, 5) is 26.0. The predicted molar refractivity (Wildman–Crippen MR) is 129 cm³/mol. The highest BCUT2D eigenvalue weighted by atomic mass is 16.7. The number of Topliss-reactive ketones (excluding diaryl/α,β-unsaturated/α-hetero) is 1. The molecule has 2 aliphatic heterocycles. The minimum atomic E-state index is -0.645. The number of ether oxygens (including phenoxy) is 6. The van der Waals surface area contributed by atoms with E-state index in [0.29, 0.717) is 40.9 Å². The molecule has 3 aromatic rings. The maximum absolute atomic E-state index is 13.3. The molecule has 1 saturated heterocycles. The number of methoxy groups -OCH3 is 2. The summed E-state index contributed by atoms with van der Waals surface area (Å²) in [6, 6.07) is 18.4. The first-order chi connectivity index (χ1) is 17.6. The Morgan fingerprint density at radius 2 is 1.61 bits per heavy atom. The molecule has 2 atom stereocenters. The highest BCUT2D eigenvalue weighted by Crippen LogP contribution is 2.41. The lowest BCUT2D eigenvalue weighted by atomic mass is 9.84. The van der Waals surface area contributed by atoms with Gasteiger partial charge in [0.05, 0.1) is 26.1 Å². The van der Waals surface area contributed by atoms with E-state index in [9.17, 15) is 9.59 Å². The Kier molecular flexibility index (Phi) is 6.66. The number of esters is 1. The summed E-state index contributed by atoms with van der Waals surface area (Å²) in [7, 11) is 3.09. The predicted octanol–water partition coefficient (Wildman–Crippen LogP) is 4.23. The molecule has 8 heteroatoms. The van der Waals surface area contributed by atoms with Gasteiger partial charge < -0.3 is 28.4 Å². The fourth-order valence-electron chi connectivity index (χ4n) is 4.49. The zero-order chi connectivity index (χ0) is 25.1. The van der Waals surface area contributed by atoms with Crippen molar-refractivity contribution in [3.63, 3.8) is 0 Å². The van der Waals surface area contributed by atoms with Crippen molar-refractivity contribution < 1.29 is 38.0 Å². The standard InChI is InChI=1S/C28H26O8/c1-31-24-11-18(12-25(32-2)27(24)33-14-17-6-4-3-5-7-17)10-20-21(15-34-28(20)30)26(29)19-8-9-22-23(13-19)36-16-35-22/h3-9,11-13,20-21H,10,14-16H2,1-2H3/t20-,21+/m0/s1. The van der Waals surface area contributed by atoms with Crippen LogP contribution in [0.1, 0.15) is 21.5 Å². The number of carbonyl (C=O) groups excluding carboxylic acids is 2. The van der Waals surface area contributed by atoms with Gasteiger partial charge in [0.25, 0.3) is 0 Å². The first kappa shape index (κ1) is 23.5. The summed E-state index contributed by atoms with van der Waals surface area (Å²) in [5.41, 5.74) is 2.22. The van der Waals surface area contributed by atoms with E-state index in [1.807, 2.05) is 30.3 Å². The second kappa shape index (κ2) is 10.2. The largest absolute Gasteiger partial charge is 0.493 e. The molecule has 2 aliphatic rings. The Morgan fingerprint density at radius 1 is 0.889 bits per heavy atom. The van der Waals surface area contributed by atoms with E-state index in [2.05, 4.69) is 0 Å². The minimum absolute atomic E-state index is 0.0311. The summed E-state index contributed by atoms with van der Waals surface area (Å²) >= 11 is 0. The van der Waals surface area contributed by atoms with Gasteiger partial charge >= 0.3 is 5.97 Å². The number of cyclic esters (lactones) is 1. The molecule has 2 heterocycles. The third kappa shape index (κ3) is 4.66. The monoisotopic (exact) mass is 490 g/mol. The van der Waals surface area contributed by atoms with E-state index in [1.54, 1.807) is 44.6 Å². The van der Waals surface area contributed by atoms with Gasteiger partial charge in [-0.05, 0) is 47.9 Å². The number of benzene rings is 3. The lowest BCUT2D eigenvalue weighted by Gasteiger charge is -2.18. The summed E-state index contributed by atoms with van der Waals surface area (Å²) in [6.45, 7) is 0.493. The van der Waals surface area contributed by atoms with Crippen molar-refractivity contribution >= 4 is 11.8 Å². The Morgan fingerprint density at radius 3 is 2.33 bits per heavy atom. The highest BCUT2D eigenvalue weighted by Gasteiger charge is 2.42. The summed E-state index contributed by atoms with van der Waals surface area (Å²) < 4.78 is 33.2. The number of hydrogen-bond acceptors (Lipinski definition) is 8. The van der Waals surface area contributed by atoms with Crippen LogP contribution in [0.3, 0.4) is 0 Å². The second-order valence-electron chi connectivity index (χ2n) is 8.58. The number of rotatable bonds is 9. The van der Waals surface area contributed by atoms with Crippen molar-refractivity contribution in [3.8, 4) is 28.7 Å². The summed E-state index contributed by atoms with van der Waals surface area (Å²) in [5.74, 6) is 0.684. The van der Waals surface area contributed by atoms with E-state index < -0.39 is 17.8 Å². The van der Waals surface area contributed by atoms with Crippen molar-refractivity contribution in [2.75, 3.05) is 27.6 Å². The molecule has 36 heavy (non-hydrogen) atoms. The van der Waals surface area contributed by atoms with Crippen LogP contribution in [-0.2, 0) is 22.6 Å². The molecule has 0 saturated carbocycles. The van der Waals surface area contributed by atoms with Crippen molar-refractivity contribution in [2.24, 2.45) is 11.8 Å². The Bertz CT molecular complexity index is 1240. The van der Waals surface area contributed by atoms with E-state index >= 15 is 0 Å². The Labute approximate surface area is 208 Å². The number of hydrogen-bond donors (Lipinski definition) is 0. The zero-order valence-electron chi connectivity index (χ0n) is 20.0. The molecule has 0 bridgehead atoms. The number of ketones is 1. The molecule has 0 spiro atoms. The molecule has 1 fully saturated rings. The molecule has 0 radical (unpaired) electrons. The van der Waals surface area contributed by atoms with E-state index in [1.165, 1.54) is 0 Å². The number of fused-ring (bicyclic) bond motifs is 1. The SMILES string of the molecule is COc1cc(C[C@@H]2C(=O)OC[C@H]2C(=O)c2ccc3c(c2)OCO3)cc(OC)c1OCc1ccccc1. The van der Waals surface area contributed by atoms with Crippen molar-refractivity contribution in [3.05, 3.63) is 77.4 Å². The quantitative estimate of drug-likeness (QED) is 0.325. The minimum Gasteiger partial charge on any atom is -0.493 e. The highest BCUT2D eigenvalue weighted by molar-refractivity contribution is 6.01. The fourth-order valence-corrected chi connectivity index (χ4v) is 4.49. The van der Waals surface area contributed by atoms with Crippen LogP contribution < -0.4 is 23.7 Å². The van der Waals surface area contributed by atoms with Gasteiger partial charge in [-0.15, -0.1) is 0 Å². The van der Waals surface area contributed by atoms with Gasteiger partial charge in [0, 0.05) is 5.56 Å². The molecule has 5 rings (SSSR count). The van der Waals surface area contributed by atoms with Crippen LogP contribution in [0.4, 0.5) is 0 Å². The number of carbonyl (C=O) groups is 2. The lowest BCUT2D eigenvalue weighted by molar-refractivity contribution is -0.141. The van der Waals surface area contributed by atoms with E-state index in [4.69, 9.17) is 28.4 Å². The smallest absolute Gasteiger partial charge is 0.310 e. The third-order valence-corrected chi connectivity index (χ3v) is 6.39. The maximum Gasteiger partial charge on any atom is 0.310 e. The fraction of sp³-hybridized carbons (Fsp3) is 0.286. The molecule has 8 nitrogen and oxygen atoms in total. The van der Waals surface area contributed by atoms with Crippen molar-refractivity contribution in [2.45, 2.75) is 13.0 Å². The van der Waals surface area contributed by atoms with Gasteiger partial charge in [-0.1, -0.05) is 30.3 Å². The second-order valence-corrected chi connectivity index (χ2v) is 8.58. The van der Waals surface area contributed by atoms with Gasteiger partial charge in [0.15, 0.2) is 28.8 Å².